The van der Waals surface area contributed by atoms with Crippen LogP contribution in [-0.4, -0.2) is 11.6 Å². The average Bonchev–Trinajstić information content (AvgIpc) is 2.79. The Morgan fingerprint density at radius 2 is 1.67 bits per heavy atom. The van der Waals surface area contributed by atoms with Crippen molar-refractivity contribution in [2.24, 2.45) is 0 Å². The highest BCUT2D eigenvalue weighted by Gasteiger charge is 2.22. The number of rotatable bonds is 11. The molecule has 0 N–H and O–H groups in total. The van der Waals surface area contributed by atoms with Crippen LogP contribution in [0.25, 0.3) is 0 Å². The van der Waals surface area contributed by atoms with Crippen LogP contribution in [0.4, 0.5) is 0 Å². The summed E-state index contributed by atoms with van der Waals surface area (Å²) in [6, 6.07) is 23.9. The molecule has 3 aromatic rings. The van der Waals surface area contributed by atoms with E-state index in [0.717, 1.165) is 36.5 Å². The number of para-hydroxylation sites is 1. The Bertz CT molecular complexity index is 950. The molecule has 154 valence electrons. The zero-order chi connectivity index (χ0) is 21.2. The van der Waals surface area contributed by atoms with E-state index in [1.54, 1.807) is 6.08 Å². The standard InChI is InChI=1S/C27H29NO2/c1-4-21-29-24-18-16-22(17-19-24)27(3,5-2)20-10-12-23-11-9-15-26(28-23)30-25-13-7-6-8-14-25/h4-9,11,13-19H,1-2,10,12,20-21H2,3H3. The van der Waals surface area contributed by atoms with Gasteiger partial charge in [0.2, 0.25) is 5.88 Å². The normalized spacial score (nSPS) is 12.6. The maximum atomic E-state index is 5.85. The zero-order valence-electron chi connectivity index (χ0n) is 17.6. The van der Waals surface area contributed by atoms with E-state index in [1.807, 2.05) is 60.7 Å². The predicted molar refractivity (Wildman–Crippen MR) is 123 cm³/mol. The predicted octanol–water partition coefficient (Wildman–Crippen LogP) is 6.91. The summed E-state index contributed by atoms with van der Waals surface area (Å²) in [6.07, 6.45) is 6.65. The monoisotopic (exact) mass is 399 g/mol. The molecule has 0 spiro atoms. The number of benzene rings is 2. The third-order valence-corrected chi connectivity index (χ3v) is 5.21. The Morgan fingerprint density at radius 1 is 0.900 bits per heavy atom. The number of nitrogens with zero attached hydrogens (tertiary/aromatic N) is 1. The first kappa shape index (κ1) is 21.4. The van der Waals surface area contributed by atoms with Crippen molar-refractivity contribution in [3.63, 3.8) is 0 Å². The van der Waals surface area contributed by atoms with Crippen LogP contribution in [-0.2, 0) is 11.8 Å². The van der Waals surface area contributed by atoms with Crippen LogP contribution < -0.4 is 9.47 Å². The number of allylic oxidation sites excluding steroid dienone is 1. The Labute approximate surface area is 179 Å². The van der Waals surface area contributed by atoms with Crippen LogP contribution in [0.2, 0.25) is 0 Å². The summed E-state index contributed by atoms with van der Waals surface area (Å²) in [5.74, 6) is 2.27. The van der Waals surface area contributed by atoms with Crippen molar-refractivity contribution in [3.8, 4) is 17.4 Å². The molecule has 30 heavy (non-hydrogen) atoms. The van der Waals surface area contributed by atoms with Gasteiger partial charge < -0.3 is 9.47 Å². The van der Waals surface area contributed by atoms with Crippen molar-refractivity contribution in [2.75, 3.05) is 6.61 Å². The molecule has 0 saturated carbocycles. The van der Waals surface area contributed by atoms with E-state index >= 15 is 0 Å². The van der Waals surface area contributed by atoms with Crippen molar-refractivity contribution in [3.05, 3.63) is 109 Å². The van der Waals surface area contributed by atoms with E-state index in [1.165, 1.54) is 5.56 Å². The summed E-state index contributed by atoms with van der Waals surface area (Å²) in [6.45, 7) is 10.5. The molecule has 0 fully saturated rings. The lowest BCUT2D eigenvalue weighted by atomic mass is 9.78. The fourth-order valence-corrected chi connectivity index (χ4v) is 3.35. The van der Waals surface area contributed by atoms with Gasteiger partial charge in [0.25, 0.3) is 0 Å². The highest BCUT2D eigenvalue weighted by molar-refractivity contribution is 5.35. The molecule has 3 heteroatoms. The van der Waals surface area contributed by atoms with Gasteiger partial charge in [0.15, 0.2) is 0 Å². The molecule has 0 bridgehead atoms. The fraction of sp³-hybridized carbons (Fsp3) is 0.222. The maximum absolute atomic E-state index is 5.85. The van der Waals surface area contributed by atoms with Gasteiger partial charge in [-0.3, -0.25) is 0 Å². The minimum atomic E-state index is -0.102. The van der Waals surface area contributed by atoms with E-state index in [2.05, 4.69) is 43.3 Å². The van der Waals surface area contributed by atoms with Crippen molar-refractivity contribution >= 4 is 0 Å². The van der Waals surface area contributed by atoms with Gasteiger partial charge >= 0.3 is 0 Å². The molecule has 0 aliphatic rings. The van der Waals surface area contributed by atoms with Gasteiger partial charge in [-0.1, -0.05) is 62.1 Å². The molecule has 0 saturated heterocycles. The molecular formula is C27H29NO2. The van der Waals surface area contributed by atoms with Gasteiger partial charge in [-0.05, 0) is 55.2 Å². The van der Waals surface area contributed by atoms with Crippen LogP contribution in [0.3, 0.4) is 0 Å². The summed E-state index contributed by atoms with van der Waals surface area (Å²) in [7, 11) is 0. The number of aryl methyl sites for hydroxylation is 1. The van der Waals surface area contributed by atoms with Gasteiger partial charge in [0.1, 0.15) is 18.1 Å². The Morgan fingerprint density at radius 3 is 2.37 bits per heavy atom. The molecule has 2 aromatic carbocycles. The average molecular weight is 400 g/mol. The molecule has 1 unspecified atom stereocenters. The second kappa shape index (κ2) is 10.4. The van der Waals surface area contributed by atoms with Gasteiger partial charge in [0, 0.05) is 17.2 Å². The number of hydrogen-bond donors (Lipinski definition) is 0. The molecule has 1 heterocycles. The summed E-state index contributed by atoms with van der Waals surface area (Å²) >= 11 is 0. The van der Waals surface area contributed by atoms with Crippen LogP contribution >= 0.6 is 0 Å². The molecule has 0 aliphatic heterocycles. The lowest BCUT2D eigenvalue weighted by Crippen LogP contribution is -2.19. The number of pyridine rings is 1. The van der Waals surface area contributed by atoms with E-state index in [-0.39, 0.29) is 5.41 Å². The fourth-order valence-electron chi connectivity index (χ4n) is 3.35. The number of ether oxygens (including phenoxy) is 2. The van der Waals surface area contributed by atoms with Crippen LogP contribution in [0.15, 0.2) is 98.1 Å². The third-order valence-electron chi connectivity index (χ3n) is 5.21. The van der Waals surface area contributed by atoms with E-state index in [9.17, 15) is 0 Å². The number of aromatic nitrogens is 1. The second-order valence-corrected chi connectivity index (χ2v) is 7.48. The SMILES string of the molecule is C=CCOc1ccc(C(C)(C=C)CCCc2cccc(Oc3ccccc3)n2)cc1. The van der Waals surface area contributed by atoms with Crippen molar-refractivity contribution in [2.45, 2.75) is 31.6 Å². The molecule has 3 rings (SSSR count). The van der Waals surface area contributed by atoms with Crippen molar-refractivity contribution in [1.82, 2.24) is 4.98 Å². The summed E-state index contributed by atoms with van der Waals surface area (Å²) in [5.41, 5.74) is 2.16. The molecule has 3 nitrogen and oxygen atoms in total. The molecule has 1 atom stereocenters. The first-order chi connectivity index (χ1) is 14.6. The van der Waals surface area contributed by atoms with Gasteiger partial charge in [-0.15, -0.1) is 6.58 Å². The Hall–Kier alpha value is -3.33. The van der Waals surface area contributed by atoms with Gasteiger partial charge in [0.05, 0.1) is 0 Å². The Kier molecular flexibility index (Phi) is 7.45. The van der Waals surface area contributed by atoms with E-state index < -0.39 is 0 Å². The molecule has 0 radical (unpaired) electrons. The quantitative estimate of drug-likeness (QED) is 0.328. The molecular weight excluding hydrogens is 370 g/mol. The minimum Gasteiger partial charge on any atom is -0.490 e. The highest BCUT2D eigenvalue weighted by atomic mass is 16.5. The Balaban J connectivity index is 1.59. The van der Waals surface area contributed by atoms with E-state index in [0.29, 0.717) is 12.5 Å². The summed E-state index contributed by atoms with van der Waals surface area (Å²) < 4.78 is 11.4. The molecule has 0 amide bonds. The van der Waals surface area contributed by atoms with Crippen molar-refractivity contribution < 1.29 is 9.47 Å². The van der Waals surface area contributed by atoms with Crippen molar-refractivity contribution in [1.29, 1.82) is 0 Å². The maximum Gasteiger partial charge on any atom is 0.219 e. The first-order valence-corrected chi connectivity index (χ1v) is 10.3. The minimum absolute atomic E-state index is 0.102. The van der Waals surface area contributed by atoms with E-state index in [4.69, 9.17) is 9.47 Å². The lowest BCUT2D eigenvalue weighted by molar-refractivity contribution is 0.363. The molecule has 1 aromatic heterocycles. The topological polar surface area (TPSA) is 31.4 Å². The second-order valence-electron chi connectivity index (χ2n) is 7.48. The first-order valence-electron chi connectivity index (χ1n) is 10.3. The highest BCUT2D eigenvalue weighted by Crippen LogP contribution is 2.32. The number of hydrogen-bond acceptors (Lipinski definition) is 3. The van der Waals surface area contributed by atoms with Gasteiger partial charge in [-0.25, -0.2) is 4.98 Å². The zero-order valence-corrected chi connectivity index (χ0v) is 17.6. The summed E-state index contributed by atoms with van der Waals surface area (Å²) in [5, 5.41) is 0. The third kappa shape index (κ3) is 5.84. The van der Waals surface area contributed by atoms with Crippen LogP contribution in [0.5, 0.6) is 17.4 Å². The van der Waals surface area contributed by atoms with Gasteiger partial charge in [-0.2, -0.15) is 0 Å². The largest absolute Gasteiger partial charge is 0.490 e. The molecule has 0 aliphatic carbocycles. The summed E-state index contributed by atoms with van der Waals surface area (Å²) in [4.78, 5) is 4.65. The van der Waals surface area contributed by atoms with Crippen LogP contribution in [0, 0.1) is 0 Å². The lowest BCUT2D eigenvalue weighted by Gasteiger charge is -2.26. The van der Waals surface area contributed by atoms with Crippen LogP contribution in [0.1, 0.15) is 31.0 Å². The smallest absolute Gasteiger partial charge is 0.219 e.